The van der Waals surface area contributed by atoms with Crippen LogP contribution in [0.1, 0.15) is 19.4 Å². The number of nitrogens with zero attached hydrogens (tertiary/aromatic N) is 1. The lowest BCUT2D eigenvalue weighted by atomic mass is 10.0. The third kappa shape index (κ3) is 4.13. The van der Waals surface area contributed by atoms with Gasteiger partial charge in [0, 0.05) is 22.2 Å². The van der Waals surface area contributed by atoms with Crippen LogP contribution in [-0.2, 0) is 4.79 Å². The van der Waals surface area contributed by atoms with E-state index < -0.39 is 24.2 Å². The predicted octanol–water partition coefficient (Wildman–Crippen LogP) is 3.81. The van der Waals surface area contributed by atoms with Crippen LogP contribution in [0.2, 0.25) is 5.02 Å². The van der Waals surface area contributed by atoms with Crippen LogP contribution in [0.5, 0.6) is 11.5 Å². The van der Waals surface area contributed by atoms with Gasteiger partial charge in [-0.3, -0.25) is 9.36 Å². The molecule has 1 heterocycles. The molecular weight excluding hydrogens is 372 g/mol. The number of carboxylic acids is 1. The van der Waals surface area contributed by atoms with Crippen molar-refractivity contribution in [3.63, 3.8) is 0 Å². The molecule has 1 unspecified atom stereocenters. The van der Waals surface area contributed by atoms with Crippen molar-refractivity contribution in [3.8, 4) is 22.6 Å². The summed E-state index contributed by atoms with van der Waals surface area (Å²) in [5.41, 5.74) is -0.340. The van der Waals surface area contributed by atoms with Gasteiger partial charge in [-0.25, -0.2) is 4.79 Å². The molecule has 2 rings (SSSR count). The number of hydrogen-bond acceptors (Lipinski definition) is 4. The van der Waals surface area contributed by atoms with Gasteiger partial charge in [-0.05, 0) is 24.6 Å². The van der Waals surface area contributed by atoms with Gasteiger partial charge in [0.25, 0.3) is 5.56 Å². The summed E-state index contributed by atoms with van der Waals surface area (Å²) in [5.74, 6) is -1.25. The Hall–Kier alpha value is -2.61. The van der Waals surface area contributed by atoms with Gasteiger partial charge in [0.15, 0.2) is 0 Å². The van der Waals surface area contributed by atoms with Crippen LogP contribution in [0.4, 0.5) is 8.78 Å². The van der Waals surface area contributed by atoms with Crippen LogP contribution in [-0.4, -0.2) is 29.4 Å². The number of methoxy groups -OCH3 is 1. The minimum atomic E-state index is -3.07. The van der Waals surface area contributed by atoms with Gasteiger partial charge in [-0.1, -0.05) is 18.5 Å². The fraction of sp³-hybridized carbons (Fsp3) is 0.294. The lowest BCUT2D eigenvalue weighted by molar-refractivity contribution is -0.141. The van der Waals surface area contributed by atoms with Gasteiger partial charge in [-0.15, -0.1) is 0 Å². The molecule has 140 valence electrons. The Bertz CT molecular complexity index is 869. The Morgan fingerprint density at radius 2 is 1.92 bits per heavy atom. The second-order valence-corrected chi connectivity index (χ2v) is 5.72. The van der Waals surface area contributed by atoms with Crippen LogP contribution in [0, 0.1) is 0 Å². The number of hydrogen-bond donors (Lipinski definition) is 1. The summed E-state index contributed by atoms with van der Waals surface area (Å²) in [6, 6.07) is 4.00. The highest BCUT2D eigenvalue weighted by Gasteiger charge is 2.22. The first-order chi connectivity index (χ1) is 12.3. The van der Waals surface area contributed by atoms with Crippen LogP contribution in [0.15, 0.2) is 35.3 Å². The smallest absolute Gasteiger partial charge is 0.387 e. The van der Waals surface area contributed by atoms with Crippen LogP contribution < -0.4 is 15.0 Å². The molecule has 0 radical (unpaired) electrons. The molecule has 0 aliphatic carbocycles. The van der Waals surface area contributed by atoms with Crippen molar-refractivity contribution in [2.24, 2.45) is 0 Å². The minimum Gasteiger partial charge on any atom is -0.495 e. The first-order valence-corrected chi connectivity index (χ1v) is 7.94. The molecule has 1 aromatic carbocycles. The normalized spacial score (nSPS) is 12.1. The minimum absolute atomic E-state index is 0.116. The molecule has 0 bridgehead atoms. The van der Waals surface area contributed by atoms with Crippen molar-refractivity contribution in [1.82, 2.24) is 4.57 Å². The maximum Gasteiger partial charge on any atom is 0.387 e. The van der Waals surface area contributed by atoms with Crippen molar-refractivity contribution in [2.75, 3.05) is 7.11 Å². The number of aromatic nitrogens is 1. The maximum absolute atomic E-state index is 12.7. The highest BCUT2D eigenvalue weighted by Crippen LogP contribution is 2.38. The number of carbonyl (C=O) groups is 1. The lowest BCUT2D eigenvalue weighted by Crippen LogP contribution is -2.29. The first kappa shape index (κ1) is 19.7. The van der Waals surface area contributed by atoms with Crippen LogP contribution in [0.25, 0.3) is 11.1 Å². The molecule has 6 nitrogen and oxygen atoms in total. The zero-order valence-electron chi connectivity index (χ0n) is 13.9. The summed E-state index contributed by atoms with van der Waals surface area (Å²) in [7, 11) is 1.31. The molecule has 1 N–H and O–H groups in total. The predicted molar refractivity (Wildman–Crippen MR) is 91.3 cm³/mol. The molecule has 2 aromatic rings. The fourth-order valence-corrected chi connectivity index (χ4v) is 2.72. The Kier molecular flexibility index (Phi) is 6.20. The van der Waals surface area contributed by atoms with Crippen molar-refractivity contribution in [2.45, 2.75) is 26.0 Å². The molecule has 0 saturated carbocycles. The van der Waals surface area contributed by atoms with E-state index in [4.69, 9.17) is 16.3 Å². The molecule has 1 aromatic heterocycles. The number of aliphatic carboxylic acids is 1. The molecule has 0 saturated heterocycles. The lowest BCUT2D eigenvalue weighted by Gasteiger charge is -2.18. The number of halogens is 3. The summed E-state index contributed by atoms with van der Waals surface area (Å²) >= 11 is 5.94. The van der Waals surface area contributed by atoms with Crippen LogP contribution >= 0.6 is 11.6 Å². The summed E-state index contributed by atoms with van der Waals surface area (Å²) in [4.78, 5) is 23.8. The van der Waals surface area contributed by atoms with Crippen molar-refractivity contribution >= 4 is 17.6 Å². The van der Waals surface area contributed by atoms with Gasteiger partial charge in [0.05, 0.1) is 13.3 Å². The Labute approximate surface area is 152 Å². The Morgan fingerprint density at radius 3 is 2.46 bits per heavy atom. The van der Waals surface area contributed by atoms with Gasteiger partial charge in [0.2, 0.25) is 0 Å². The second-order valence-electron chi connectivity index (χ2n) is 5.28. The van der Waals surface area contributed by atoms with E-state index >= 15 is 0 Å². The third-order valence-corrected chi connectivity index (χ3v) is 3.95. The number of pyridine rings is 1. The van der Waals surface area contributed by atoms with E-state index in [1.54, 1.807) is 6.92 Å². The molecule has 26 heavy (non-hydrogen) atoms. The largest absolute Gasteiger partial charge is 0.495 e. The number of ether oxygens (including phenoxy) is 2. The molecule has 0 amide bonds. The Balaban J connectivity index is 2.68. The maximum atomic E-state index is 12.7. The zero-order chi connectivity index (χ0) is 19.4. The molecule has 0 aliphatic rings. The van der Waals surface area contributed by atoms with E-state index in [1.807, 2.05) is 0 Å². The topological polar surface area (TPSA) is 77.8 Å². The SMILES string of the molecule is CCC(C(=O)O)n1cc(OC)c(-c2cc(Cl)ccc2OC(F)F)cc1=O. The average Bonchev–Trinajstić information content (AvgIpc) is 2.57. The number of benzene rings is 1. The number of rotatable bonds is 7. The van der Waals surface area contributed by atoms with Gasteiger partial charge < -0.3 is 14.6 Å². The fourth-order valence-electron chi connectivity index (χ4n) is 2.55. The van der Waals surface area contributed by atoms with Gasteiger partial charge in [-0.2, -0.15) is 8.78 Å². The van der Waals surface area contributed by atoms with E-state index in [0.29, 0.717) is 0 Å². The highest BCUT2D eigenvalue weighted by molar-refractivity contribution is 6.31. The summed E-state index contributed by atoms with van der Waals surface area (Å²) in [6.45, 7) is -1.45. The van der Waals surface area contributed by atoms with Crippen molar-refractivity contribution in [1.29, 1.82) is 0 Å². The van der Waals surface area contributed by atoms with Gasteiger partial charge >= 0.3 is 12.6 Å². The quantitative estimate of drug-likeness (QED) is 0.781. The van der Waals surface area contributed by atoms with Crippen molar-refractivity contribution < 1.29 is 28.2 Å². The summed E-state index contributed by atoms with van der Waals surface area (Å²) < 4.78 is 36.1. The standard InChI is InChI=1S/C17H16ClF2NO5/c1-3-12(16(23)24)21-8-14(25-2)11(7-15(21)22)10-6-9(18)4-5-13(10)26-17(19)20/h4-8,12,17H,3H2,1-2H3,(H,23,24). The molecule has 1 atom stereocenters. The first-order valence-electron chi connectivity index (χ1n) is 7.56. The summed E-state index contributed by atoms with van der Waals surface area (Å²) in [5, 5.41) is 9.50. The van der Waals surface area contributed by atoms with Gasteiger partial charge in [0.1, 0.15) is 17.5 Å². The van der Waals surface area contributed by atoms with Crippen molar-refractivity contribution in [3.05, 3.63) is 45.8 Å². The van der Waals surface area contributed by atoms with E-state index in [2.05, 4.69) is 4.74 Å². The monoisotopic (exact) mass is 387 g/mol. The highest BCUT2D eigenvalue weighted by atomic mass is 35.5. The third-order valence-electron chi connectivity index (χ3n) is 3.72. The Morgan fingerprint density at radius 1 is 1.27 bits per heavy atom. The average molecular weight is 388 g/mol. The molecular formula is C17H16ClF2NO5. The van der Waals surface area contributed by atoms with E-state index in [0.717, 1.165) is 10.6 Å². The van der Waals surface area contributed by atoms with E-state index in [-0.39, 0.29) is 34.1 Å². The number of carboxylic acid groups (broad SMARTS) is 1. The number of alkyl halides is 2. The van der Waals surface area contributed by atoms with E-state index in [1.165, 1.54) is 31.5 Å². The summed E-state index contributed by atoms with van der Waals surface area (Å²) in [6.07, 6.45) is 1.40. The molecule has 0 spiro atoms. The molecule has 0 aliphatic heterocycles. The zero-order valence-corrected chi connectivity index (χ0v) is 14.7. The second kappa shape index (κ2) is 8.18. The van der Waals surface area contributed by atoms with E-state index in [9.17, 15) is 23.5 Å². The molecule has 9 heteroatoms. The van der Waals surface area contributed by atoms with Crippen LogP contribution in [0.3, 0.4) is 0 Å². The molecule has 0 fully saturated rings.